The van der Waals surface area contributed by atoms with Gasteiger partial charge in [-0.3, -0.25) is 4.79 Å². The Morgan fingerprint density at radius 1 is 1.50 bits per heavy atom. The van der Waals surface area contributed by atoms with Crippen LogP contribution in [0.15, 0.2) is 22.9 Å². The number of aromatic nitrogens is 1. The first-order chi connectivity index (χ1) is 7.50. The molecule has 1 atom stereocenters. The Kier molecular flexibility index (Phi) is 4.93. The molecule has 0 aliphatic heterocycles. The van der Waals surface area contributed by atoms with E-state index in [1.165, 1.54) is 0 Å². The fourth-order valence-corrected chi connectivity index (χ4v) is 1.50. The molecule has 0 aliphatic carbocycles. The Morgan fingerprint density at radius 2 is 2.19 bits per heavy atom. The van der Waals surface area contributed by atoms with Gasteiger partial charge in [0, 0.05) is 18.3 Å². The number of carbonyl (C=O) groups excluding carboxylic acids is 1. The van der Waals surface area contributed by atoms with Gasteiger partial charge in [-0.15, -0.1) is 0 Å². The van der Waals surface area contributed by atoms with Crippen LogP contribution in [-0.2, 0) is 0 Å². The summed E-state index contributed by atoms with van der Waals surface area (Å²) in [6.07, 6.45) is 1.62. The number of hydrogen-bond donors (Lipinski definition) is 1. The Labute approximate surface area is 105 Å². The highest BCUT2D eigenvalue weighted by Gasteiger charge is 2.10. The van der Waals surface area contributed by atoms with Gasteiger partial charge in [0.25, 0.3) is 5.91 Å². The summed E-state index contributed by atoms with van der Waals surface area (Å²) < 4.78 is 0.678. The molecule has 1 N–H and O–H groups in total. The molecule has 0 radical (unpaired) electrons. The fourth-order valence-electron chi connectivity index (χ4n) is 1.14. The van der Waals surface area contributed by atoms with Crippen molar-refractivity contribution in [1.29, 1.82) is 0 Å². The van der Waals surface area contributed by atoms with E-state index in [1.54, 1.807) is 18.3 Å². The normalized spacial score (nSPS) is 12.6. The topological polar surface area (TPSA) is 42.0 Å². The monoisotopic (exact) mass is 284 g/mol. The highest BCUT2D eigenvalue weighted by molar-refractivity contribution is 9.10. The van der Waals surface area contributed by atoms with Crippen LogP contribution in [0.5, 0.6) is 0 Å². The molecule has 4 heteroatoms. The molecule has 88 valence electrons. The Balaban J connectivity index is 2.53. The number of amides is 1. The largest absolute Gasteiger partial charge is 0.352 e. The van der Waals surface area contributed by atoms with Gasteiger partial charge in [-0.25, -0.2) is 4.98 Å². The lowest BCUT2D eigenvalue weighted by molar-refractivity contribution is 0.0944. The second-order valence-electron chi connectivity index (χ2n) is 4.30. The zero-order chi connectivity index (χ0) is 12.1. The molecule has 3 nitrogen and oxygen atoms in total. The standard InChI is InChI=1S/C12H17BrN2O/c1-8(2)9(3)7-15-12(16)10-4-5-14-11(13)6-10/h4-6,8-9H,7H2,1-3H3,(H,15,16). The zero-order valence-electron chi connectivity index (χ0n) is 9.83. The molecular formula is C12H17BrN2O. The van der Waals surface area contributed by atoms with Crippen molar-refractivity contribution >= 4 is 21.8 Å². The average Bonchev–Trinajstić information content (AvgIpc) is 2.25. The molecule has 0 aromatic carbocycles. The zero-order valence-corrected chi connectivity index (χ0v) is 11.4. The Hall–Kier alpha value is -0.900. The van der Waals surface area contributed by atoms with Gasteiger partial charge in [0.15, 0.2) is 0 Å². The predicted molar refractivity (Wildman–Crippen MR) is 68.3 cm³/mol. The van der Waals surface area contributed by atoms with E-state index in [9.17, 15) is 4.79 Å². The molecule has 0 spiro atoms. The third-order valence-electron chi connectivity index (χ3n) is 2.71. The van der Waals surface area contributed by atoms with Gasteiger partial charge in [-0.1, -0.05) is 20.8 Å². The first-order valence-electron chi connectivity index (χ1n) is 5.40. The molecule has 0 fully saturated rings. The van der Waals surface area contributed by atoms with Crippen LogP contribution in [-0.4, -0.2) is 17.4 Å². The third kappa shape index (κ3) is 3.93. The number of rotatable bonds is 4. The van der Waals surface area contributed by atoms with Gasteiger partial charge in [0.2, 0.25) is 0 Å². The van der Waals surface area contributed by atoms with E-state index in [2.05, 4.69) is 47.0 Å². The van der Waals surface area contributed by atoms with E-state index in [1.807, 2.05) is 0 Å². The first-order valence-corrected chi connectivity index (χ1v) is 6.19. The minimum Gasteiger partial charge on any atom is -0.352 e. The average molecular weight is 285 g/mol. The lowest BCUT2D eigenvalue weighted by atomic mass is 9.98. The highest BCUT2D eigenvalue weighted by atomic mass is 79.9. The van der Waals surface area contributed by atoms with Gasteiger partial charge in [-0.05, 0) is 39.9 Å². The maximum atomic E-state index is 11.8. The van der Waals surface area contributed by atoms with Crippen LogP contribution in [0, 0.1) is 11.8 Å². The molecule has 1 unspecified atom stereocenters. The molecular weight excluding hydrogens is 268 g/mol. The van der Waals surface area contributed by atoms with Gasteiger partial charge in [0.05, 0.1) is 0 Å². The number of carbonyl (C=O) groups is 1. The minimum atomic E-state index is -0.0457. The van der Waals surface area contributed by atoms with Gasteiger partial charge in [0.1, 0.15) is 4.60 Å². The van der Waals surface area contributed by atoms with E-state index in [-0.39, 0.29) is 5.91 Å². The number of nitrogens with zero attached hydrogens (tertiary/aromatic N) is 1. The van der Waals surface area contributed by atoms with Crippen molar-refractivity contribution in [1.82, 2.24) is 10.3 Å². The van der Waals surface area contributed by atoms with Gasteiger partial charge < -0.3 is 5.32 Å². The molecule has 1 heterocycles. The van der Waals surface area contributed by atoms with Crippen molar-refractivity contribution in [2.24, 2.45) is 11.8 Å². The fraction of sp³-hybridized carbons (Fsp3) is 0.500. The van der Waals surface area contributed by atoms with E-state index in [4.69, 9.17) is 0 Å². The number of halogens is 1. The van der Waals surface area contributed by atoms with Crippen molar-refractivity contribution in [3.05, 3.63) is 28.5 Å². The smallest absolute Gasteiger partial charge is 0.251 e. The molecule has 16 heavy (non-hydrogen) atoms. The summed E-state index contributed by atoms with van der Waals surface area (Å²) in [6, 6.07) is 3.43. The molecule has 1 rings (SSSR count). The van der Waals surface area contributed by atoms with Crippen molar-refractivity contribution in [2.75, 3.05) is 6.54 Å². The SMILES string of the molecule is CC(C)C(C)CNC(=O)c1ccnc(Br)c1. The number of hydrogen-bond acceptors (Lipinski definition) is 2. The molecule has 1 aromatic rings. The summed E-state index contributed by atoms with van der Waals surface area (Å²) in [5.74, 6) is 1.01. The second-order valence-corrected chi connectivity index (χ2v) is 5.11. The summed E-state index contributed by atoms with van der Waals surface area (Å²) in [5, 5.41) is 2.92. The molecule has 0 bridgehead atoms. The lowest BCUT2D eigenvalue weighted by Crippen LogP contribution is -2.30. The van der Waals surface area contributed by atoms with E-state index >= 15 is 0 Å². The second kappa shape index (κ2) is 5.99. The van der Waals surface area contributed by atoms with E-state index in [0.717, 1.165) is 0 Å². The predicted octanol–water partition coefficient (Wildman–Crippen LogP) is 2.87. The van der Waals surface area contributed by atoms with Gasteiger partial charge >= 0.3 is 0 Å². The summed E-state index contributed by atoms with van der Waals surface area (Å²) in [7, 11) is 0. The summed E-state index contributed by atoms with van der Waals surface area (Å²) in [5.41, 5.74) is 0.637. The van der Waals surface area contributed by atoms with Crippen LogP contribution in [0.1, 0.15) is 31.1 Å². The summed E-state index contributed by atoms with van der Waals surface area (Å²) >= 11 is 3.24. The molecule has 0 aliphatic rings. The Bertz CT molecular complexity index is 366. The maximum Gasteiger partial charge on any atom is 0.251 e. The molecule has 0 saturated heterocycles. The molecule has 0 saturated carbocycles. The number of pyridine rings is 1. The summed E-state index contributed by atoms with van der Waals surface area (Å²) in [6.45, 7) is 7.14. The quantitative estimate of drug-likeness (QED) is 0.864. The Morgan fingerprint density at radius 3 is 2.75 bits per heavy atom. The van der Waals surface area contributed by atoms with Crippen LogP contribution >= 0.6 is 15.9 Å². The van der Waals surface area contributed by atoms with Crippen LogP contribution in [0.4, 0.5) is 0 Å². The van der Waals surface area contributed by atoms with Crippen LogP contribution in [0.2, 0.25) is 0 Å². The van der Waals surface area contributed by atoms with Crippen molar-refractivity contribution in [2.45, 2.75) is 20.8 Å². The van der Waals surface area contributed by atoms with E-state index in [0.29, 0.717) is 28.5 Å². The molecule has 1 amide bonds. The number of nitrogens with one attached hydrogen (secondary N) is 1. The van der Waals surface area contributed by atoms with E-state index < -0.39 is 0 Å². The van der Waals surface area contributed by atoms with Gasteiger partial charge in [-0.2, -0.15) is 0 Å². The lowest BCUT2D eigenvalue weighted by Gasteiger charge is -2.15. The molecule has 1 aromatic heterocycles. The van der Waals surface area contributed by atoms with Crippen LogP contribution in [0.25, 0.3) is 0 Å². The minimum absolute atomic E-state index is 0.0457. The third-order valence-corrected chi connectivity index (χ3v) is 3.15. The highest BCUT2D eigenvalue weighted by Crippen LogP contribution is 2.10. The van der Waals surface area contributed by atoms with Crippen LogP contribution < -0.4 is 5.32 Å². The maximum absolute atomic E-state index is 11.8. The summed E-state index contributed by atoms with van der Waals surface area (Å²) in [4.78, 5) is 15.7. The van der Waals surface area contributed by atoms with Crippen LogP contribution in [0.3, 0.4) is 0 Å². The van der Waals surface area contributed by atoms with Crippen molar-refractivity contribution in [3.8, 4) is 0 Å². The van der Waals surface area contributed by atoms with Crippen molar-refractivity contribution < 1.29 is 4.79 Å². The first kappa shape index (κ1) is 13.2. The van der Waals surface area contributed by atoms with Crippen molar-refractivity contribution in [3.63, 3.8) is 0 Å².